The van der Waals surface area contributed by atoms with Crippen molar-refractivity contribution in [3.8, 4) is 11.4 Å². The molecule has 8 heteroatoms. The van der Waals surface area contributed by atoms with E-state index in [2.05, 4.69) is 15.3 Å². The van der Waals surface area contributed by atoms with E-state index >= 15 is 0 Å². The second-order valence-corrected chi connectivity index (χ2v) is 7.75. The third-order valence-electron chi connectivity index (χ3n) is 4.58. The molecule has 0 bridgehead atoms. The Morgan fingerprint density at radius 2 is 1.77 bits per heavy atom. The number of amides is 1. The van der Waals surface area contributed by atoms with Crippen molar-refractivity contribution < 1.29 is 14.3 Å². The molecule has 156 valence electrons. The molecule has 3 aromatic carbocycles. The number of esters is 1. The summed E-state index contributed by atoms with van der Waals surface area (Å²) >= 11 is 11.8. The first-order valence-corrected chi connectivity index (χ1v) is 10.1. The largest absolute Gasteiger partial charge is 0.452 e. The number of anilines is 1. The van der Waals surface area contributed by atoms with Crippen molar-refractivity contribution in [3.05, 3.63) is 81.8 Å². The lowest BCUT2D eigenvalue weighted by Gasteiger charge is -2.07. The van der Waals surface area contributed by atoms with Gasteiger partial charge in [-0.3, -0.25) is 4.79 Å². The number of H-pyrrole nitrogens is 1. The number of aromatic nitrogens is 2. The zero-order valence-corrected chi connectivity index (χ0v) is 17.9. The molecule has 0 unspecified atom stereocenters. The predicted octanol–water partition coefficient (Wildman–Crippen LogP) is 5.64. The van der Waals surface area contributed by atoms with Gasteiger partial charge < -0.3 is 15.0 Å². The lowest BCUT2D eigenvalue weighted by molar-refractivity contribution is -0.119. The summed E-state index contributed by atoms with van der Waals surface area (Å²) in [5, 5.41) is 3.29. The second-order valence-electron chi connectivity index (χ2n) is 6.94. The number of carbonyl (C=O) groups excluding carboxylic acids is 2. The molecular formula is C23H17Cl2N3O3. The van der Waals surface area contributed by atoms with Crippen LogP contribution in [0.15, 0.2) is 60.7 Å². The van der Waals surface area contributed by atoms with Gasteiger partial charge in [-0.1, -0.05) is 53.0 Å². The van der Waals surface area contributed by atoms with Gasteiger partial charge in [0.2, 0.25) is 0 Å². The van der Waals surface area contributed by atoms with Gasteiger partial charge in [-0.25, -0.2) is 9.78 Å². The van der Waals surface area contributed by atoms with E-state index in [1.54, 1.807) is 30.3 Å². The average molecular weight is 454 g/mol. The summed E-state index contributed by atoms with van der Waals surface area (Å²) in [5.41, 5.74) is 4.31. The van der Waals surface area contributed by atoms with Gasteiger partial charge >= 0.3 is 5.97 Å². The Morgan fingerprint density at radius 3 is 2.52 bits per heavy atom. The number of benzene rings is 3. The number of fused-ring (bicyclic) bond motifs is 1. The van der Waals surface area contributed by atoms with E-state index in [1.807, 2.05) is 31.2 Å². The summed E-state index contributed by atoms with van der Waals surface area (Å²) in [7, 11) is 0. The number of rotatable bonds is 5. The number of nitrogens with zero attached hydrogens (tertiary/aromatic N) is 1. The van der Waals surface area contributed by atoms with E-state index < -0.39 is 18.5 Å². The fraction of sp³-hybridized carbons (Fsp3) is 0.0870. The van der Waals surface area contributed by atoms with Crippen LogP contribution in [0.3, 0.4) is 0 Å². The first-order chi connectivity index (χ1) is 14.9. The molecule has 1 amide bonds. The molecule has 31 heavy (non-hydrogen) atoms. The van der Waals surface area contributed by atoms with Gasteiger partial charge in [0.05, 0.1) is 26.6 Å². The first kappa shape index (κ1) is 20.9. The van der Waals surface area contributed by atoms with Crippen molar-refractivity contribution in [1.82, 2.24) is 9.97 Å². The number of hydrogen-bond acceptors (Lipinski definition) is 4. The highest BCUT2D eigenvalue weighted by atomic mass is 35.5. The Morgan fingerprint density at radius 1 is 1.00 bits per heavy atom. The van der Waals surface area contributed by atoms with Crippen LogP contribution in [0.4, 0.5) is 5.69 Å². The summed E-state index contributed by atoms with van der Waals surface area (Å²) in [6.45, 7) is 1.58. The molecule has 0 spiro atoms. The maximum Gasteiger partial charge on any atom is 0.338 e. The highest BCUT2D eigenvalue weighted by molar-refractivity contribution is 6.42. The normalized spacial score (nSPS) is 10.8. The molecule has 0 aliphatic rings. The van der Waals surface area contributed by atoms with Crippen molar-refractivity contribution >= 4 is 51.8 Å². The third-order valence-corrected chi connectivity index (χ3v) is 5.32. The van der Waals surface area contributed by atoms with E-state index in [9.17, 15) is 9.59 Å². The number of halogens is 2. The van der Waals surface area contributed by atoms with Crippen LogP contribution in [0.1, 0.15) is 15.9 Å². The van der Waals surface area contributed by atoms with Crippen LogP contribution in [-0.4, -0.2) is 28.5 Å². The molecule has 4 rings (SSSR count). The molecule has 0 aliphatic heterocycles. The van der Waals surface area contributed by atoms with Gasteiger partial charge in [0.15, 0.2) is 6.61 Å². The fourth-order valence-electron chi connectivity index (χ4n) is 2.97. The Balaban J connectivity index is 1.42. The highest BCUT2D eigenvalue weighted by Crippen LogP contribution is 2.25. The van der Waals surface area contributed by atoms with Crippen LogP contribution in [0.5, 0.6) is 0 Å². The van der Waals surface area contributed by atoms with Crippen molar-refractivity contribution in [2.45, 2.75) is 6.92 Å². The number of hydrogen-bond donors (Lipinski definition) is 2. The molecular weight excluding hydrogens is 437 g/mol. The van der Waals surface area contributed by atoms with E-state index in [0.29, 0.717) is 32.6 Å². The van der Waals surface area contributed by atoms with Crippen LogP contribution in [0.25, 0.3) is 22.4 Å². The summed E-state index contributed by atoms with van der Waals surface area (Å²) in [6.07, 6.45) is 0. The van der Waals surface area contributed by atoms with Crippen molar-refractivity contribution in [2.75, 3.05) is 11.9 Å². The summed E-state index contributed by atoms with van der Waals surface area (Å²) in [5.74, 6) is -0.393. The number of aryl methyl sites for hydroxylation is 1. The molecule has 0 saturated heterocycles. The van der Waals surface area contributed by atoms with Crippen LogP contribution in [0, 0.1) is 6.92 Å². The SMILES string of the molecule is Cc1ccc(-c2nc3ccc(C(=O)OCC(=O)Nc4ccc(Cl)c(Cl)c4)cc3[nH]2)cc1. The van der Waals surface area contributed by atoms with Gasteiger partial charge in [-0.05, 0) is 43.3 Å². The molecule has 0 radical (unpaired) electrons. The van der Waals surface area contributed by atoms with Gasteiger partial charge in [0, 0.05) is 11.3 Å². The Kier molecular flexibility index (Phi) is 5.93. The van der Waals surface area contributed by atoms with Crippen LogP contribution < -0.4 is 5.32 Å². The highest BCUT2D eigenvalue weighted by Gasteiger charge is 2.13. The fourth-order valence-corrected chi connectivity index (χ4v) is 3.27. The topological polar surface area (TPSA) is 84.1 Å². The van der Waals surface area contributed by atoms with Gasteiger partial charge in [0.1, 0.15) is 5.82 Å². The molecule has 4 aromatic rings. The molecule has 6 nitrogen and oxygen atoms in total. The minimum atomic E-state index is -0.613. The maximum absolute atomic E-state index is 12.4. The quantitative estimate of drug-likeness (QED) is 0.382. The number of ether oxygens (including phenoxy) is 1. The van der Waals surface area contributed by atoms with Crippen LogP contribution >= 0.6 is 23.2 Å². The van der Waals surface area contributed by atoms with Crippen LogP contribution in [0.2, 0.25) is 10.0 Å². The maximum atomic E-state index is 12.4. The third kappa shape index (κ3) is 4.87. The van der Waals surface area contributed by atoms with E-state index in [4.69, 9.17) is 27.9 Å². The molecule has 1 aromatic heterocycles. The lowest BCUT2D eigenvalue weighted by Crippen LogP contribution is -2.20. The molecule has 1 heterocycles. The molecule has 0 saturated carbocycles. The minimum Gasteiger partial charge on any atom is -0.452 e. The standard InChI is InChI=1S/C23H17Cl2N3O3/c1-13-2-4-14(5-3-13)22-27-19-9-6-15(10-20(19)28-22)23(30)31-12-21(29)26-16-7-8-17(24)18(25)11-16/h2-11H,12H2,1H3,(H,26,29)(H,27,28). The van der Waals surface area contributed by atoms with E-state index in [-0.39, 0.29) is 0 Å². The minimum absolute atomic E-state index is 0.314. The lowest BCUT2D eigenvalue weighted by atomic mass is 10.1. The number of carbonyl (C=O) groups is 2. The summed E-state index contributed by atoms with van der Waals surface area (Å²) in [4.78, 5) is 32.2. The van der Waals surface area contributed by atoms with Gasteiger partial charge in [-0.15, -0.1) is 0 Å². The molecule has 0 atom stereocenters. The summed E-state index contributed by atoms with van der Waals surface area (Å²) < 4.78 is 5.13. The zero-order valence-electron chi connectivity index (χ0n) is 16.4. The first-order valence-electron chi connectivity index (χ1n) is 9.38. The number of nitrogens with one attached hydrogen (secondary N) is 2. The molecule has 2 N–H and O–H groups in total. The number of aromatic amines is 1. The van der Waals surface area contributed by atoms with E-state index in [0.717, 1.165) is 16.6 Å². The van der Waals surface area contributed by atoms with Gasteiger partial charge in [0.25, 0.3) is 5.91 Å². The zero-order chi connectivity index (χ0) is 22.0. The van der Waals surface area contributed by atoms with Crippen molar-refractivity contribution in [1.29, 1.82) is 0 Å². The average Bonchev–Trinajstić information content (AvgIpc) is 3.18. The van der Waals surface area contributed by atoms with Crippen molar-refractivity contribution in [3.63, 3.8) is 0 Å². The Labute approximate surface area is 188 Å². The summed E-state index contributed by atoms with van der Waals surface area (Å²) in [6, 6.07) is 17.7. The van der Waals surface area contributed by atoms with E-state index in [1.165, 1.54) is 6.07 Å². The molecule has 0 aliphatic carbocycles. The Hall–Kier alpha value is -3.35. The van der Waals surface area contributed by atoms with Crippen LogP contribution in [-0.2, 0) is 9.53 Å². The monoisotopic (exact) mass is 453 g/mol. The second kappa shape index (κ2) is 8.79. The Bertz CT molecular complexity index is 1280. The van der Waals surface area contributed by atoms with Gasteiger partial charge in [-0.2, -0.15) is 0 Å². The smallest absolute Gasteiger partial charge is 0.338 e. The predicted molar refractivity (Wildman–Crippen MR) is 122 cm³/mol. The van der Waals surface area contributed by atoms with Crippen molar-refractivity contribution in [2.24, 2.45) is 0 Å². The number of imidazole rings is 1. The molecule has 0 fully saturated rings.